The van der Waals surface area contributed by atoms with E-state index in [0.29, 0.717) is 6.04 Å². The van der Waals surface area contributed by atoms with Gasteiger partial charge in [0.05, 0.1) is 0 Å². The SMILES string of the molecule is CNC(CN1CC2CCCC2C1)c1c(C)cc(C)cc1C. The van der Waals surface area contributed by atoms with Crippen molar-refractivity contribution in [3.8, 4) is 0 Å². The van der Waals surface area contributed by atoms with Crippen LogP contribution in [0.15, 0.2) is 12.1 Å². The van der Waals surface area contributed by atoms with Crippen LogP contribution in [0.25, 0.3) is 0 Å². The number of likely N-dealkylation sites (tertiary alicyclic amines) is 1. The van der Waals surface area contributed by atoms with E-state index in [1.54, 1.807) is 0 Å². The second-order valence-corrected chi connectivity index (χ2v) is 7.32. The molecule has 2 fully saturated rings. The predicted octanol–water partition coefficient (Wildman–Crippen LogP) is 3.60. The van der Waals surface area contributed by atoms with Gasteiger partial charge >= 0.3 is 0 Å². The van der Waals surface area contributed by atoms with Gasteiger partial charge in [0.2, 0.25) is 0 Å². The Bertz CT molecular complexity index is 473. The van der Waals surface area contributed by atoms with Gasteiger partial charge in [0.25, 0.3) is 0 Å². The number of benzene rings is 1. The lowest BCUT2D eigenvalue weighted by Gasteiger charge is -2.27. The van der Waals surface area contributed by atoms with E-state index in [1.165, 1.54) is 54.6 Å². The predicted molar refractivity (Wildman–Crippen MR) is 89.7 cm³/mol. The van der Waals surface area contributed by atoms with Crippen LogP contribution < -0.4 is 5.32 Å². The molecule has 3 rings (SSSR count). The molecule has 3 unspecified atom stereocenters. The van der Waals surface area contributed by atoms with Crippen molar-refractivity contribution in [1.82, 2.24) is 10.2 Å². The van der Waals surface area contributed by atoms with Crippen molar-refractivity contribution in [2.45, 2.75) is 46.1 Å². The van der Waals surface area contributed by atoms with Gasteiger partial charge in [0.1, 0.15) is 0 Å². The summed E-state index contributed by atoms with van der Waals surface area (Å²) in [7, 11) is 2.11. The largest absolute Gasteiger partial charge is 0.312 e. The van der Waals surface area contributed by atoms with Crippen molar-refractivity contribution in [2.75, 3.05) is 26.7 Å². The topological polar surface area (TPSA) is 15.3 Å². The van der Waals surface area contributed by atoms with Crippen LogP contribution in [0.5, 0.6) is 0 Å². The minimum absolute atomic E-state index is 0.462. The van der Waals surface area contributed by atoms with E-state index in [9.17, 15) is 0 Å². The van der Waals surface area contributed by atoms with Crippen molar-refractivity contribution in [3.05, 3.63) is 34.4 Å². The Morgan fingerprint density at radius 2 is 1.67 bits per heavy atom. The summed E-state index contributed by atoms with van der Waals surface area (Å²) in [5, 5.41) is 3.57. The van der Waals surface area contributed by atoms with Crippen molar-refractivity contribution in [2.24, 2.45) is 11.8 Å². The highest BCUT2D eigenvalue weighted by atomic mass is 15.2. The van der Waals surface area contributed by atoms with Gasteiger partial charge < -0.3 is 10.2 Å². The van der Waals surface area contributed by atoms with Crippen LogP contribution in [0.2, 0.25) is 0 Å². The normalized spacial score (nSPS) is 27.0. The number of nitrogens with one attached hydrogen (secondary N) is 1. The molecule has 1 aliphatic heterocycles. The molecule has 2 heteroatoms. The lowest BCUT2D eigenvalue weighted by Crippen LogP contribution is -2.33. The fourth-order valence-electron chi connectivity index (χ4n) is 4.81. The molecule has 1 aromatic rings. The van der Waals surface area contributed by atoms with Gasteiger partial charge in [-0.2, -0.15) is 0 Å². The summed E-state index contributed by atoms with van der Waals surface area (Å²) in [6, 6.07) is 5.11. The van der Waals surface area contributed by atoms with Crippen LogP contribution in [0.4, 0.5) is 0 Å². The molecule has 0 bridgehead atoms. The minimum atomic E-state index is 0.462. The van der Waals surface area contributed by atoms with Crippen LogP contribution in [0, 0.1) is 32.6 Å². The first-order valence-corrected chi connectivity index (χ1v) is 8.56. The molecule has 1 N–H and O–H groups in total. The van der Waals surface area contributed by atoms with Gasteiger partial charge in [-0.1, -0.05) is 24.1 Å². The maximum absolute atomic E-state index is 3.57. The smallest absolute Gasteiger partial charge is 0.0452 e. The van der Waals surface area contributed by atoms with E-state index >= 15 is 0 Å². The molecular weight excluding hydrogens is 256 g/mol. The highest BCUT2D eigenvalue weighted by molar-refractivity contribution is 5.39. The van der Waals surface area contributed by atoms with Crippen LogP contribution in [0.3, 0.4) is 0 Å². The summed E-state index contributed by atoms with van der Waals surface area (Å²) < 4.78 is 0. The summed E-state index contributed by atoms with van der Waals surface area (Å²) in [4.78, 5) is 2.70. The average Bonchev–Trinajstić information content (AvgIpc) is 2.96. The fourth-order valence-corrected chi connectivity index (χ4v) is 4.81. The van der Waals surface area contributed by atoms with E-state index in [0.717, 1.165) is 18.4 Å². The second kappa shape index (κ2) is 6.10. The summed E-state index contributed by atoms with van der Waals surface area (Å²) in [6.07, 6.45) is 4.40. The van der Waals surface area contributed by atoms with Crippen molar-refractivity contribution in [1.29, 1.82) is 0 Å². The first-order chi connectivity index (χ1) is 10.1. The zero-order chi connectivity index (χ0) is 15.0. The van der Waals surface area contributed by atoms with E-state index in [1.807, 2.05) is 0 Å². The van der Waals surface area contributed by atoms with Gasteiger partial charge in [0.15, 0.2) is 0 Å². The standard InChI is InChI=1S/C19H30N2/c1-13-8-14(2)19(15(3)9-13)18(20-4)12-21-10-16-6-5-7-17(16)11-21/h8-9,16-18,20H,5-7,10-12H2,1-4H3. The molecule has 116 valence electrons. The Morgan fingerprint density at radius 1 is 1.10 bits per heavy atom. The Kier molecular flexibility index (Phi) is 4.37. The van der Waals surface area contributed by atoms with E-state index in [4.69, 9.17) is 0 Å². The van der Waals surface area contributed by atoms with Crippen molar-refractivity contribution >= 4 is 0 Å². The number of hydrogen-bond donors (Lipinski definition) is 1. The fraction of sp³-hybridized carbons (Fsp3) is 0.684. The summed E-state index contributed by atoms with van der Waals surface area (Å²) >= 11 is 0. The molecule has 1 heterocycles. The number of nitrogens with zero attached hydrogens (tertiary/aromatic N) is 1. The molecule has 1 aromatic carbocycles. The Labute approximate surface area is 129 Å². The van der Waals surface area contributed by atoms with Crippen LogP contribution in [-0.4, -0.2) is 31.6 Å². The van der Waals surface area contributed by atoms with Gasteiger partial charge in [-0.15, -0.1) is 0 Å². The maximum Gasteiger partial charge on any atom is 0.0452 e. The summed E-state index contributed by atoms with van der Waals surface area (Å²) in [5.74, 6) is 1.98. The van der Waals surface area contributed by atoms with E-state index in [-0.39, 0.29) is 0 Å². The molecule has 0 aromatic heterocycles. The molecule has 0 spiro atoms. The van der Waals surface area contributed by atoms with Crippen LogP contribution in [-0.2, 0) is 0 Å². The quantitative estimate of drug-likeness (QED) is 0.909. The molecule has 0 amide bonds. The van der Waals surface area contributed by atoms with Gasteiger partial charge in [-0.3, -0.25) is 0 Å². The molecule has 2 nitrogen and oxygen atoms in total. The number of likely N-dealkylation sites (N-methyl/N-ethyl adjacent to an activating group) is 1. The zero-order valence-corrected chi connectivity index (χ0v) is 14.1. The van der Waals surface area contributed by atoms with Crippen molar-refractivity contribution in [3.63, 3.8) is 0 Å². The third-order valence-electron chi connectivity index (χ3n) is 5.68. The Balaban J connectivity index is 1.74. The average molecular weight is 286 g/mol. The number of fused-ring (bicyclic) bond motifs is 1. The number of hydrogen-bond acceptors (Lipinski definition) is 2. The van der Waals surface area contributed by atoms with Gasteiger partial charge in [-0.05, 0) is 69.2 Å². The number of aryl methyl sites for hydroxylation is 3. The van der Waals surface area contributed by atoms with Gasteiger partial charge in [0, 0.05) is 25.7 Å². The second-order valence-electron chi connectivity index (χ2n) is 7.32. The number of rotatable bonds is 4. The zero-order valence-electron chi connectivity index (χ0n) is 14.1. The minimum Gasteiger partial charge on any atom is -0.312 e. The molecule has 1 saturated heterocycles. The van der Waals surface area contributed by atoms with E-state index < -0.39 is 0 Å². The first kappa shape index (κ1) is 15.1. The molecule has 1 aliphatic carbocycles. The highest BCUT2D eigenvalue weighted by Crippen LogP contribution is 2.38. The van der Waals surface area contributed by atoms with Crippen molar-refractivity contribution < 1.29 is 0 Å². The van der Waals surface area contributed by atoms with Crippen LogP contribution >= 0.6 is 0 Å². The molecule has 2 aliphatic rings. The molecule has 0 radical (unpaired) electrons. The molecular formula is C19H30N2. The third kappa shape index (κ3) is 3.02. The van der Waals surface area contributed by atoms with E-state index in [2.05, 4.69) is 50.2 Å². The molecule has 1 saturated carbocycles. The molecule has 3 atom stereocenters. The lowest BCUT2D eigenvalue weighted by molar-refractivity contribution is 0.277. The maximum atomic E-state index is 3.57. The first-order valence-electron chi connectivity index (χ1n) is 8.56. The summed E-state index contributed by atoms with van der Waals surface area (Å²) in [5.41, 5.74) is 5.76. The molecule has 21 heavy (non-hydrogen) atoms. The van der Waals surface area contributed by atoms with Crippen LogP contribution in [0.1, 0.15) is 47.6 Å². The highest BCUT2D eigenvalue weighted by Gasteiger charge is 2.36. The summed E-state index contributed by atoms with van der Waals surface area (Å²) in [6.45, 7) is 10.5. The third-order valence-corrected chi connectivity index (χ3v) is 5.68. The van der Waals surface area contributed by atoms with Gasteiger partial charge in [-0.25, -0.2) is 0 Å². The Hall–Kier alpha value is -0.860. The Morgan fingerprint density at radius 3 is 2.19 bits per heavy atom. The monoisotopic (exact) mass is 286 g/mol. The lowest BCUT2D eigenvalue weighted by atomic mass is 9.93.